The molecule has 1 amide bonds. The number of fused-ring (bicyclic) bond motifs is 1. The summed E-state index contributed by atoms with van der Waals surface area (Å²) in [6.45, 7) is 3.06. The second kappa shape index (κ2) is 7.66. The van der Waals surface area contributed by atoms with Crippen molar-refractivity contribution in [2.24, 2.45) is 0 Å². The number of carbonyl (C=O) groups is 2. The van der Waals surface area contributed by atoms with E-state index >= 15 is 0 Å². The predicted octanol–water partition coefficient (Wildman–Crippen LogP) is 3.36. The largest absolute Gasteiger partial charge is 0.482 e. The van der Waals surface area contributed by atoms with Gasteiger partial charge in [0.25, 0.3) is 5.91 Å². The Bertz CT molecular complexity index is 838. The summed E-state index contributed by atoms with van der Waals surface area (Å²) in [5.41, 5.74) is 1.31. The van der Waals surface area contributed by atoms with Gasteiger partial charge in [0.2, 0.25) is 6.10 Å². The van der Waals surface area contributed by atoms with Crippen molar-refractivity contribution in [3.05, 3.63) is 53.1 Å². The third-order valence-electron chi connectivity index (χ3n) is 3.96. The van der Waals surface area contributed by atoms with Crippen LogP contribution in [0.15, 0.2) is 42.5 Å². The van der Waals surface area contributed by atoms with E-state index in [0.717, 1.165) is 5.56 Å². The van der Waals surface area contributed by atoms with Crippen LogP contribution in [-0.4, -0.2) is 30.7 Å². The van der Waals surface area contributed by atoms with E-state index < -0.39 is 30.7 Å². The predicted molar refractivity (Wildman–Crippen MR) is 96.7 cm³/mol. The van der Waals surface area contributed by atoms with E-state index in [9.17, 15) is 9.59 Å². The molecule has 0 saturated heterocycles. The fraction of sp³-hybridized carbons (Fsp3) is 0.263. The Kier molecular flexibility index (Phi) is 5.32. The minimum atomic E-state index is -0.939. The van der Waals surface area contributed by atoms with Crippen LogP contribution in [0.25, 0.3) is 0 Å². The van der Waals surface area contributed by atoms with E-state index in [1.165, 1.54) is 0 Å². The standard InChI is InChI=1S/C19H18ClNO5/c1-11-13(20)6-5-7-14(11)21-17(22)10-24-19(23)18-12(2)25-15-8-3-4-9-16(15)26-18/h3-9,12,18H,10H2,1-2H3,(H,21,22). The van der Waals surface area contributed by atoms with Gasteiger partial charge < -0.3 is 19.5 Å². The summed E-state index contributed by atoms with van der Waals surface area (Å²) in [5, 5.41) is 3.21. The molecule has 3 rings (SSSR count). The highest BCUT2D eigenvalue weighted by atomic mass is 35.5. The Morgan fingerprint density at radius 3 is 2.54 bits per heavy atom. The van der Waals surface area contributed by atoms with E-state index in [1.807, 2.05) is 6.07 Å². The molecule has 0 fully saturated rings. The number of anilines is 1. The summed E-state index contributed by atoms with van der Waals surface area (Å²) >= 11 is 6.02. The van der Waals surface area contributed by atoms with Crippen LogP contribution >= 0.6 is 11.6 Å². The van der Waals surface area contributed by atoms with Crippen LogP contribution in [0.5, 0.6) is 11.5 Å². The average Bonchev–Trinajstić information content (AvgIpc) is 2.63. The molecule has 2 unspecified atom stereocenters. The molecule has 1 aliphatic heterocycles. The molecule has 1 aliphatic rings. The van der Waals surface area contributed by atoms with Crippen LogP contribution < -0.4 is 14.8 Å². The molecule has 0 aliphatic carbocycles. The molecule has 6 nitrogen and oxygen atoms in total. The summed E-state index contributed by atoms with van der Waals surface area (Å²) in [5.74, 6) is -0.0942. The maximum Gasteiger partial charge on any atom is 0.351 e. The van der Waals surface area contributed by atoms with Crippen molar-refractivity contribution in [3.8, 4) is 11.5 Å². The van der Waals surface area contributed by atoms with Gasteiger partial charge in [-0.3, -0.25) is 4.79 Å². The molecular formula is C19H18ClNO5. The van der Waals surface area contributed by atoms with Crippen LogP contribution in [0, 0.1) is 6.92 Å². The molecule has 0 spiro atoms. The van der Waals surface area contributed by atoms with Crippen molar-refractivity contribution >= 4 is 29.2 Å². The lowest BCUT2D eigenvalue weighted by atomic mass is 10.2. The lowest BCUT2D eigenvalue weighted by Gasteiger charge is -2.30. The minimum Gasteiger partial charge on any atom is -0.482 e. The topological polar surface area (TPSA) is 73.9 Å². The zero-order valence-corrected chi connectivity index (χ0v) is 15.1. The average molecular weight is 376 g/mol. The smallest absolute Gasteiger partial charge is 0.351 e. The SMILES string of the molecule is Cc1c(Cl)cccc1NC(=O)COC(=O)C1Oc2ccccc2OC1C. The molecule has 2 aromatic rings. The Hall–Kier alpha value is -2.73. The third kappa shape index (κ3) is 3.91. The number of ether oxygens (including phenoxy) is 3. The van der Waals surface area contributed by atoms with E-state index in [1.54, 1.807) is 50.2 Å². The van der Waals surface area contributed by atoms with Gasteiger partial charge in [0.15, 0.2) is 18.1 Å². The number of hydrogen-bond donors (Lipinski definition) is 1. The van der Waals surface area contributed by atoms with Crippen LogP contribution in [-0.2, 0) is 14.3 Å². The molecule has 0 bridgehead atoms. The van der Waals surface area contributed by atoms with E-state index in [2.05, 4.69) is 5.32 Å². The molecule has 26 heavy (non-hydrogen) atoms. The summed E-state index contributed by atoms with van der Waals surface area (Å²) in [6.07, 6.45) is -1.47. The number of benzene rings is 2. The van der Waals surface area contributed by atoms with Gasteiger partial charge in [-0.25, -0.2) is 4.79 Å². The normalized spacial score (nSPS) is 18.1. The van der Waals surface area contributed by atoms with E-state index in [0.29, 0.717) is 22.2 Å². The third-order valence-corrected chi connectivity index (χ3v) is 4.37. The van der Waals surface area contributed by atoms with Crippen molar-refractivity contribution in [1.29, 1.82) is 0 Å². The highest BCUT2D eigenvalue weighted by Crippen LogP contribution is 2.33. The molecule has 2 aromatic carbocycles. The summed E-state index contributed by atoms with van der Waals surface area (Å²) < 4.78 is 16.4. The van der Waals surface area contributed by atoms with Crippen LogP contribution in [0.2, 0.25) is 5.02 Å². The molecule has 136 valence electrons. The quantitative estimate of drug-likeness (QED) is 0.829. The Morgan fingerprint density at radius 2 is 1.81 bits per heavy atom. The van der Waals surface area contributed by atoms with Gasteiger partial charge in [-0.1, -0.05) is 29.8 Å². The first kappa shape index (κ1) is 18.1. The maximum absolute atomic E-state index is 12.3. The lowest BCUT2D eigenvalue weighted by Crippen LogP contribution is -2.45. The van der Waals surface area contributed by atoms with Gasteiger partial charge in [-0.15, -0.1) is 0 Å². The highest BCUT2D eigenvalue weighted by molar-refractivity contribution is 6.31. The second-order valence-corrected chi connectivity index (χ2v) is 6.28. The highest BCUT2D eigenvalue weighted by Gasteiger charge is 2.35. The second-order valence-electron chi connectivity index (χ2n) is 5.88. The number of rotatable bonds is 4. The first-order valence-corrected chi connectivity index (χ1v) is 8.47. The first-order chi connectivity index (χ1) is 12.5. The van der Waals surface area contributed by atoms with Gasteiger partial charge in [-0.05, 0) is 43.7 Å². The Labute approximate surface area is 156 Å². The van der Waals surface area contributed by atoms with Crippen molar-refractivity contribution in [1.82, 2.24) is 0 Å². The zero-order valence-electron chi connectivity index (χ0n) is 14.3. The van der Waals surface area contributed by atoms with Crippen molar-refractivity contribution < 1.29 is 23.8 Å². The lowest BCUT2D eigenvalue weighted by molar-refractivity contribution is -0.159. The fourth-order valence-corrected chi connectivity index (χ4v) is 2.70. The van der Waals surface area contributed by atoms with Gasteiger partial charge in [0, 0.05) is 10.7 Å². The summed E-state index contributed by atoms with van der Waals surface area (Å²) in [4.78, 5) is 24.3. The fourth-order valence-electron chi connectivity index (χ4n) is 2.53. The minimum absolute atomic E-state index is 0.432. The molecule has 0 radical (unpaired) electrons. The van der Waals surface area contributed by atoms with Gasteiger partial charge in [0.05, 0.1) is 0 Å². The van der Waals surface area contributed by atoms with E-state index in [4.69, 9.17) is 25.8 Å². The van der Waals surface area contributed by atoms with Crippen molar-refractivity contribution in [2.75, 3.05) is 11.9 Å². The molecule has 0 aromatic heterocycles. The molecular weight excluding hydrogens is 358 g/mol. The zero-order chi connectivity index (χ0) is 18.7. The molecule has 0 saturated carbocycles. The van der Waals surface area contributed by atoms with Crippen molar-refractivity contribution in [2.45, 2.75) is 26.1 Å². The van der Waals surface area contributed by atoms with Gasteiger partial charge in [-0.2, -0.15) is 0 Å². The maximum atomic E-state index is 12.3. The Morgan fingerprint density at radius 1 is 1.12 bits per heavy atom. The number of para-hydroxylation sites is 2. The number of esters is 1. The van der Waals surface area contributed by atoms with Crippen LogP contribution in [0.1, 0.15) is 12.5 Å². The number of carbonyl (C=O) groups excluding carboxylic acids is 2. The number of amides is 1. The molecule has 1 N–H and O–H groups in total. The Balaban J connectivity index is 1.57. The first-order valence-electron chi connectivity index (χ1n) is 8.09. The number of nitrogens with one attached hydrogen (secondary N) is 1. The molecule has 1 heterocycles. The monoisotopic (exact) mass is 375 g/mol. The summed E-state index contributed by atoms with van der Waals surface area (Å²) in [7, 11) is 0. The van der Waals surface area contributed by atoms with Crippen LogP contribution in [0.3, 0.4) is 0 Å². The van der Waals surface area contributed by atoms with Gasteiger partial charge >= 0.3 is 5.97 Å². The van der Waals surface area contributed by atoms with Crippen molar-refractivity contribution in [3.63, 3.8) is 0 Å². The summed E-state index contributed by atoms with van der Waals surface area (Å²) in [6, 6.07) is 12.2. The molecule has 2 atom stereocenters. The molecule has 7 heteroatoms. The van der Waals surface area contributed by atoms with Crippen LogP contribution in [0.4, 0.5) is 5.69 Å². The van der Waals surface area contributed by atoms with E-state index in [-0.39, 0.29) is 0 Å². The van der Waals surface area contributed by atoms with Gasteiger partial charge in [0.1, 0.15) is 6.10 Å². The number of halogens is 1. The number of hydrogen-bond acceptors (Lipinski definition) is 5.